The third kappa shape index (κ3) is 1.68. The Morgan fingerprint density at radius 2 is 1.75 bits per heavy atom. The molecule has 1 aromatic carbocycles. The van der Waals surface area contributed by atoms with Crippen molar-refractivity contribution in [2.24, 2.45) is 16.6 Å². The minimum absolute atomic E-state index is 0.202. The van der Waals surface area contributed by atoms with Crippen LogP contribution in [0.5, 0.6) is 0 Å². The number of halogens is 1. The summed E-state index contributed by atoms with van der Waals surface area (Å²) in [6.07, 6.45) is 0. The molecule has 0 amide bonds. The molecule has 3 rings (SSSR count). The van der Waals surface area contributed by atoms with Crippen molar-refractivity contribution < 1.29 is 14.5 Å². The number of fused-ring (bicyclic) bond motifs is 1. The van der Waals surface area contributed by atoms with Gasteiger partial charge in [0.2, 0.25) is 0 Å². The summed E-state index contributed by atoms with van der Waals surface area (Å²) in [6.45, 7) is 4.21. The highest BCUT2D eigenvalue weighted by Gasteiger charge is 2.97. The third-order valence-electron chi connectivity index (χ3n) is 4.90. The van der Waals surface area contributed by atoms with E-state index in [9.17, 15) is 10.5 Å². The fourth-order valence-corrected chi connectivity index (χ4v) is 4.14. The number of hydrogen-bond donors (Lipinski definition) is 2. The van der Waals surface area contributed by atoms with Gasteiger partial charge in [0.05, 0.1) is 25.4 Å². The Kier molecular flexibility index (Phi) is 3.80. The highest BCUT2D eigenvalue weighted by molar-refractivity contribution is 6.30. The van der Waals surface area contributed by atoms with Crippen LogP contribution in [0.1, 0.15) is 25.3 Å². The average Bonchev–Trinajstić information content (AvgIpc) is 3.15. The van der Waals surface area contributed by atoms with E-state index in [2.05, 4.69) is 17.1 Å². The van der Waals surface area contributed by atoms with Crippen LogP contribution in [0, 0.1) is 33.5 Å². The first-order chi connectivity index (χ1) is 11.5. The van der Waals surface area contributed by atoms with E-state index in [-0.39, 0.29) is 5.84 Å². The Morgan fingerprint density at radius 3 is 2.21 bits per heavy atom. The van der Waals surface area contributed by atoms with Gasteiger partial charge in [-0.3, -0.25) is 5.73 Å². The van der Waals surface area contributed by atoms with Gasteiger partial charge in [-0.05, 0) is 31.5 Å². The Balaban J connectivity index is 2.21. The molecule has 0 bridgehead atoms. The second-order valence-corrected chi connectivity index (χ2v) is 6.28. The van der Waals surface area contributed by atoms with Gasteiger partial charge in [0.1, 0.15) is 0 Å². The summed E-state index contributed by atoms with van der Waals surface area (Å²) in [5, 5.41) is 20.6. The number of nitrogens with one attached hydrogen (secondary N) is 1. The summed E-state index contributed by atoms with van der Waals surface area (Å²) in [4.78, 5) is 2.94. The maximum Gasteiger partial charge on any atom is 0.343 e. The van der Waals surface area contributed by atoms with Crippen molar-refractivity contribution in [1.82, 2.24) is 0 Å². The number of benzene rings is 1. The predicted octanol–water partition coefficient (Wildman–Crippen LogP) is 0.635. The molecule has 124 valence electrons. The molecular formula is C17H18ClN4O2+. The van der Waals surface area contributed by atoms with E-state index in [0.717, 1.165) is 5.56 Å². The second-order valence-electron chi connectivity index (χ2n) is 5.85. The zero-order chi connectivity index (χ0) is 17.6. The number of rotatable bonds is 5. The number of ether oxygens (including phenoxy) is 2. The molecule has 6 nitrogen and oxygen atoms in total. The van der Waals surface area contributed by atoms with Crippen LogP contribution in [0.4, 0.5) is 0 Å². The van der Waals surface area contributed by atoms with Crippen molar-refractivity contribution in [2.75, 3.05) is 13.2 Å². The van der Waals surface area contributed by atoms with Crippen LogP contribution in [-0.2, 0) is 9.47 Å². The van der Waals surface area contributed by atoms with E-state index in [1.807, 2.05) is 0 Å². The molecule has 1 aromatic rings. The monoisotopic (exact) mass is 345 g/mol. The van der Waals surface area contributed by atoms with Gasteiger partial charge in [-0.1, -0.05) is 23.7 Å². The van der Waals surface area contributed by atoms with E-state index in [1.165, 1.54) is 0 Å². The van der Waals surface area contributed by atoms with Crippen LogP contribution < -0.4 is 10.7 Å². The molecule has 0 saturated heterocycles. The molecular weight excluding hydrogens is 328 g/mol. The van der Waals surface area contributed by atoms with Gasteiger partial charge in [0.15, 0.2) is 10.8 Å². The molecule has 1 heterocycles. The first kappa shape index (κ1) is 16.7. The van der Waals surface area contributed by atoms with E-state index in [1.54, 1.807) is 38.1 Å². The number of nitrogens with two attached hydrogens (primary N) is 1. The topological polar surface area (TPSA) is 106 Å². The zero-order valence-corrected chi connectivity index (χ0v) is 14.2. The molecule has 24 heavy (non-hydrogen) atoms. The Morgan fingerprint density at radius 1 is 1.17 bits per heavy atom. The summed E-state index contributed by atoms with van der Waals surface area (Å²) in [5.74, 6) is -1.71. The number of hydrogen-bond acceptors (Lipinski definition) is 5. The van der Waals surface area contributed by atoms with Gasteiger partial charge in [-0.2, -0.15) is 10.5 Å². The normalized spacial score (nSPS) is 32.4. The SMILES string of the molecule is CCOC1(OCC)[NH+]=C(N)[C@@]2(C#N)[C@H](c3ccc(Cl)cc3)[C@@]12C#N. The van der Waals surface area contributed by atoms with Crippen LogP contribution in [-0.4, -0.2) is 25.0 Å². The summed E-state index contributed by atoms with van der Waals surface area (Å²) in [6, 6.07) is 11.6. The fourth-order valence-electron chi connectivity index (χ4n) is 4.01. The van der Waals surface area contributed by atoms with E-state index < -0.39 is 22.7 Å². The van der Waals surface area contributed by atoms with Crippen molar-refractivity contribution in [3.8, 4) is 12.1 Å². The van der Waals surface area contributed by atoms with Crippen LogP contribution in [0.15, 0.2) is 24.3 Å². The molecule has 1 aliphatic carbocycles. The Hall–Kier alpha value is -2.12. The summed E-state index contributed by atoms with van der Waals surface area (Å²) >= 11 is 5.96. The maximum absolute atomic E-state index is 10.1. The molecule has 0 aromatic heterocycles. The van der Waals surface area contributed by atoms with Crippen molar-refractivity contribution in [1.29, 1.82) is 10.5 Å². The minimum Gasteiger partial charge on any atom is -0.314 e. The second kappa shape index (κ2) is 5.46. The third-order valence-corrected chi connectivity index (χ3v) is 5.15. The molecule has 2 aliphatic rings. The van der Waals surface area contributed by atoms with Gasteiger partial charge in [-0.25, -0.2) is 4.99 Å². The quantitative estimate of drug-likeness (QED) is 0.761. The summed E-state index contributed by atoms with van der Waals surface area (Å²) in [5.41, 5.74) is 4.49. The lowest BCUT2D eigenvalue weighted by atomic mass is 9.93. The van der Waals surface area contributed by atoms with Gasteiger partial charge in [-0.15, -0.1) is 0 Å². The molecule has 0 spiro atoms. The predicted molar refractivity (Wildman–Crippen MR) is 86.4 cm³/mol. The Labute approximate surface area is 145 Å². The average molecular weight is 346 g/mol. The van der Waals surface area contributed by atoms with E-state index >= 15 is 0 Å². The van der Waals surface area contributed by atoms with Crippen LogP contribution in [0.25, 0.3) is 0 Å². The lowest BCUT2D eigenvalue weighted by molar-refractivity contribution is -0.693. The first-order valence-electron chi connectivity index (χ1n) is 7.76. The smallest absolute Gasteiger partial charge is 0.314 e. The molecule has 1 aliphatic heterocycles. The van der Waals surface area contributed by atoms with Gasteiger partial charge >= 0.3 is 5.91 Å². The van der Waals surface area contributed by atoms with Crippen molar-refractivity contribution in [3.05, 3.63) is 34.9 Å². The standard InChI is InChI=1S/C17H17ClN4O2/c1-3-23-17(24-4-2)16(10-20)13(11-5-7-12(18)8-6-11)15(16,9-19)14(21)22-17/h5-8,13H,3-4H2,1-2H3,(H2,21,22)/p+1/t13-,15+,16+/m0/s1. The zero-order valence-electron chi connectivity index (χ0n) is 13.5. The van der Waals surface area contributed by atoms with Crippen molar-refractivity contribution in [3.63, 3.8) is 0 Å². The minimum atomic E-state index is -1.45. The lowest BCUT2D eigenvalue weighted by Gasteiger charge is -2.29. The molecule has 1 fully saturated rings. The number of nitriles is 2. The Bertz CT molecular complexity index is 773. The van der Waals surface area contributed by atoms with Crippen LogP contribution in [0.2, 0.25) is 5.02 Å². The van der Waals surface area contributed by atoms with Gasteiger partial charge < -0.3 is 9.47 Å². The molecule has 3 N–H and O–H groups in total. The van der Waals surface area contributed by atoms with Crippen LogP contribution in [0.3, 0.4) is 0 Å². The van der Waals surface area contributed by atoms with Gasteiger partial charge in [0.25, 0.3) is 5.84 Å². The summed E-state index contributed by atoms with van der Waals surface area (Å²) < 4.78 is 11.6. The van der Waals surface area contributed by atoms with Crippen molar-refractivity contribution in [2.45, 2.75) is 25.7 Å². The first-order valence-corrected chi connectivity index (χ1v) is 8.14. The largest absolute Gasteiger partial charge is 0.343 e. The molecule has 3 atom stereocenters. The lowest BCUT2D eigenvalue weighted by Crippen LogP contribution is -2.91. The fraction of sp³-hybridized carbons (Fsp3) is 0.471. The van der Waals surface area contributed by atoms with E-state index in [0.29, 0.717) is 18.2 Å². The molecule has 0 unspecified atom stereocenters. The molecule has 1 saturated carbocycles. The summed E-state index contributed by atoms with van der Waals surface area (Å²) in [7, 11) is 0. The van der Waals surface area contributed by atoms with Crippen LogP contribution >= 0.6 is 11.6 Å². The molecule has 7 heteroatoms. The van der Waals surface area contributed by atoms with E-state index in [4.69, 9.17) is 26.8 Å². The van der Waals surface area contributed by atoms with Crippen molar-refractivity contribution >= 4 is 17.4 Å². The highest BCUT2D eigenvalue weighted by atomic mass is 35.5. The molecule has 0 radical (unpaired) electrons. The number of amidine groups is 1. The van der Waals surface area contributed by atoms with Gasteiger partial charge in [0, 0.05) is 10.9 Å². The highest BCUT2D eigenvalue weighted by Crippen LogP contribution is 2.78. The maximum atomic E-state index is 10.1. The number of nitrogens with zero attached hydrogens (tertiary/aromatic N) is 2.